The predicted octanol–water partition coefficient (Wildman–Crippen LogP) is 0.498. The second-order valence-corrected chi connectivity index (χ2v) is 2.44. The van der Waals surface area contributed by atoms with Gasteiger partial charge < -0.3 is 10.4 Å². The molecule has 0 saturated heterocycles. The van der Waals surface area contributed by atoms with E-state index in [1.807, 2.05) is 0 Å². The van der Waals surface area contributed by atoms with Crippen molar-refractivity contribution in [1.29, 1.82) is 0 Å². The first kappa shape index (κ1) is 12.7. The Morgan fingerprint density at radius 2 is 1.79 bits per heavy atom. The molecule has 0 unspecified atom stereocenters. The van der Waals surface area contributed by atoms with Crippen LogP contribution in [0.3, 0.4) is 0 Å². The third-order valence-electron chi connectivity index (χ3n) is 1.44. The van der Waals surface area contributed by atoms with E-state index in [1.165, 1.54) is 0 Å². The van der Waals surface area contributed by atoms with Crippen LogP contribution in [0.25, 0.3) is 0 Å². The van der Waals surface area contributed by atoms with Crippen molar-refractivity contribution >= 4 is 11.9 Å². The van der Waals surface area contributed by atoms with Crippen LogP contribution in [0.4, 0.5) is 0 Å². The number of aliphatic carboxylic acids is 1. The number of carbonyl (C=O) groups is 2. The number of benzene rings is 1. The quantitative estimate of drug-likeness (QED) is 0.759. The Labute approximate surface area is 91.8 Å². The van der Waals surface area contributed by atoms with Gasteiger partial charge in [-0.25, -0.2) is 0 Å². The first-order valence-electron chi connectivity index (χ1n) is 3.75. The van der Waals surface area contributed by atoms with E-state index in [1.54, 1.807) is 30.3 Å². The molecule has 0 fully saturated rings. The number of nitrogens with one attached hydrogen (secondary N) is 1. The van der Waals surface area contributed by atoms with Gasteiger partial charge in [0.25, 0.3) is 5.91 Å². The molecule has 0 aliphatic carbocycles. The minimum absolute atomic E-state index is 0. The molecule has 0 heterocycles. The average molecular weight is 243 g/mol. The smallest absolute Gasteiger partial charge is 0.322 e. The minimum atomic E-state index is -1.05. The van der Waals surface area contributed by atoms with Crippen LogP contribution in [0.15, 0.2) is 30.3 Å². The van der Waals surface area contributed by atoms with Gasteiger partial charge in [-0.15, -0.1) is 0 Å². The largest absolute Gasteiger partial charge is 0.480 e. The SMILES string of the molecule is O=C(O)CNC(=O)c1ccccc1.[Cu]. The monoisotopic (exact) mass is 242 g/mol. The van der Waals surface area contributed by atoms with Crippen molar-refractivity contribution in [2.75, 3.05) is 6.54 Å². The van der Waals surface area contributed by atoms with E-state index >= 15 is 0 Å². The minimum Gasteiger partial charge on any atom is -0.480 e. The number of carboxylic acid groups (broad SMARTS) is 1. The maximum absolute atomic E-state index is 11.2. The average Bonchev–Trinajstić information content (AvgIpc) is 2.15. The molecular weight excluding hydrogens is 234 g/mol. The zero-order valence-corrected chi connectivity index (χ0v) is 8.10. The summed E-state index contributed by atoms with van der Waals surface area (Å²) in [6.45, 7) is -0.353. The molecule has 0 saturated carbocycles. The fourth-order valence-electron chi connectivity index (χ4n) is 0.847. The third-order valence-corrected chi connectivity index (χ3v) is 1.44. The topological polar surface area (TPSA) is 66.4 Å². The number of hydrogen-bond acceptors (Lipinski definition) is 2. The maximum Gasteiger partial charge on any atom is 0.322 e. The summed E-state index contributed by atoms with van der Waals surface area (Å²) in [4.78, 5) is 21.3. The fraction of sp³-hybridized carbons (Fsp3) is 0.111. The van der Waals surface area contributed by atoms with Crippen LogP contribution in [0.1, 0.15) is 10.4 Å². The number of carboxylic acids is 1. The van der Waals surface area contributed by atoms with Crippen molar-refractivity contribution in [3.05, 3.63) is 35.9 Å². The summed E-state index contributed by atoms with van der Waals surface area (Å²) in [5, 5.41) is 10.6. The Hall–Kier alpha value is -1.32. The van der Waals surface area contributed by atoms with Gasteiger partial charge in [-0.1, -0.05) is 18.2 Å². The van der Waals surface area contributed by atoms with Crippen molar-refractivity contribution in [2.24, 2.45) is 0 Å². The molecule has 0 spiro atoms. The zero-order valence-electron chi connectivity index (χ0n) is 7.16. The molecule has 1 amide bonds. The van der Waals surface area contributed by atoms with Gasteiger partial charge >= 0.3 is 5.97 Å². The molecule has 1 aromatic carbocycles. The van der Waals surface area contributed by atoms with E-state index in [9.17, 15) is 9.59 Å². The molecule has 1 radical (unpaired) electrons. The summed E-state index contributed by atoms with van der Waals surface area (Å²) in [7, 11) is 0. The standard InChI is InChI=1S/C9H9NO3.Cu/c11-8(12)6-10-9(13)7-4-2-1-3-5-7;/h1-5H,6H2,(H,10,13)(H,11,12);. The second-order valence-electron chi connectivity index (χ2n) is 2.44. The molecular formula is C9H9CuNO3. The Morgan fingerprint density at radius 3 is 2.29 bits per heavy atom. The van der Waals surface area contributed by atoms with Crippen molar-refractivity contribution in [3.63, 3.8) is 0 Å². The Morgan fingerprint density at radius 1 is 1.21 bits per heavy atom. The maximum atomic E-state index is 11.2. The molecule has 1 rings (SSSR count). The Kier molecular flexibility index (Phi) is 5.60. The van der Waals surface area contributed by atoms with Gasteiger partial charge in [-0.05, 0) is 12.1 Å². The Balaban J connectivity index is 0.00000169. The summed E-state index contributed by atoms with van der Waals surface area (Å²) in [6.07, 6.45) is 0. The summed E-state index contributed by atoms with van der Waals surface area (Å²) in [6, 6.07) is 8.47. The molecule has 5 heteroatoms. The van der Waals surface area contributed by atoms with Crippen molar-refractivity contribution in [1.82, 2.24) is 5.32 Å². The van der Waals surface area contributed by atoms with E-state index in [0.717, 1.165) is 0 Å². The van der Waals surface area contributed by atoms with Gasteiger partial charge in [0.2, 0.25) is 0 Å². The molecule has 4 nitrogen and oxygen atoms in total. The molecule has 0 bridgehead atoms. The normalized spacial score (nSPS) is 8.57. The zero-order chi connectivity index (χ0) is 9.68. The summed E-state index contributed by atoms with van der Waals surface area (Å²) in [5.41, 5.74) is 0.462. The summed E-state index contributed by atoms with van der Waals surface area (Å²) >= 11 is 0. The van der Waals surface area contributed by atoms with Gasteiger partial charge in [0, 0.05) is 22.6 Å². The molecule has 79 valence electrons. The van der Waals surface area contributed by atoms with Crippen molar-refractivity contribution < 1.29 is 31.8 Å². The van der Waals surface area contributed by atoms with Crippen LogP contribution in [0.5, 0.6) is 0 Å². The Bertz CT molecular complexity index is 313. The number of hydrogen-bond donors (Lipinski definition) is 2. The second kappa shape index (κ2) is 6.18. The summed E-state index contributed by atoms with van der Waals surface area (Å²) < 4.78 is 0. The van der Waals surface area contributed by atoms with E-state index < -0.39 is 5.97 Å². The van der Waals surface area contributed by atoms with Crippen molar-refractivity contribution in [3.8, 4) is 0 Å². The molecule has 0 aromatic heterocycles. The van der Waals surface area contributed by atoms with Crippen LogP contribution in [-0.4, -0.2) is 23.5 Å². The van der Waals surface area contributed by atoms with Crippen LogP contribution in [0.2, 0.25) is 0 Å². The number of carbonyl (C=O) groups excluding carboxylic acids is 1. The van der Waals surface area contributed by atoms with Gasteiger partial charge in [-0.2, -0.15) is 0 Å². The molecule has 0 aliphatic rings. The van der Waals surface area contributed by atoms with Crippen LogP contribution in [0, 0.1) is 0 Å². The van der Waals surface area contributed by atoms with Crippen LogP contribution in [-0.2, 0) is 21.9 Å². The van der Waals surface area contributed by atoms with E-state index in [0.29, 0.717) is 5.56 Å². The van der Waals surface area contributed by atoms with Crippen LogP contribution < -0.4 is 5.32 Å². The van der Waals surface area contributed by atoms with E-state index in [4.69, 9.17) is 5.11 Å². The molecule has 0 atom stereocenters. The first-order chi connectivity index (χ1) is 6.20. The number of rotatable bonds is 3. The van der Waals surface area contributed by atoms with Crippen molar-refractivity contribution in [2.45, 2.75) is 0 Å². The van der Waals surface area contributed by atoms with Crippen LogP contribution >= 0.6 is 0 Å². The first-order valence-corrected chi connectivity index (χ1v) is 3.75. The predicted molar refractivity (Wildman–Crippen MR) is 46.4 cm³/mol. The number of amides is 1. The van der Waals surface area contributed by atoms with E-state index in [-0.39, 0.29) is 29.5 Å². The van der Waals surface area contributed by atoms with Gasteiger partial charge in [0.05, 0.1) is 0 Å². The summed E-state index contributed by atoms with van der Waals surface area (Å²) in [5.74, 6) is -1.42. The molecule has 14 heavy (non-hydrogen) atoms. The molecule has 0 aliphatic heterocycles. The third kappa shape index (κ3) is 4.07. The fourth-order valence-corrected chi connectivity index (χ4v) is 0.847. The van der Waals surface area contributed by atoms with Gasteiger partial charge in [-0.3, -0.25) is 9.59 Å². The van der Waals surface area contributed by atoms with E-state index in [2.05, 4.69) is 5.32 Å². The van der Waals surface area contributed by atoms with Gasteiger partial charge in [0.15, 0.2) is 0 Å². The molecule has 1 aromatic rings. The van der Waals surface area contributed by atoms with Gasteiger partial charge in [0.1, 0.15) is 6.54 Å². The molecule has 2 N–H and O–H groups in total.